The molecule has 3 rings (SSSR count). The van der Waals surface area contributed by atoms with E-state index in [9.17, 15) is 9.59 Å². The van der Waals surface area contributed by atoms with Crippen LogP contribution in [-0.2, 0) is 4.79 Å². The number of rotatable bonds is 7. The zero-order chi connectivity index (χ0) is 19.2. The molecule has 1 atom stereocenters. The summed E-state index contributed by atoms with van der Waals surface area (Å²) in [6.45, 7) is 4.15. The molecule has 1 aliphatic rings. The number of hydrogen-bond acceptors (Lipinski definition) is 4. The fourth-order valence-corrected chi connectivity index (χ4v) is 3.46. The van der Waals surface area contributed by atoms with Crippen LogP contribution >= 0.6 is 11.6 Å². The average Bonchev–Trinajstić information content (AvgIpc) is 3.36. The largest absolute Gasteiger partial charge is 0.468 e. The first kappa shape index (κ1) is 19.5. The summed E-state index contributed by atoms with van der Waals surface area (Å²) >= 11 is 6.03. The minimum atomic E-state index is -0.256. The van der Waals surface area contributed by atoms with Crippen LogP contribution in [0.1, 0.15) is 48.3 Å². The van der Waals surface area contributed by atoms with Gasteiger partial charge in [-0.05, 0) is 56.3 Å². The van der Waals surface area contributed by atoms with Gasteiger partial charge in [-0.25, -0.2) is 0 Å². The number of furan rings is 1. The highest BCUT2D eigenvalue weighted by Crippen LogP contribution is 2.26. The summed E-state index contributed by atoms with van der Waals surface area (Å²) < 4.78 is 5.59. The number of nitrogens with zero attached hydrogens (tertiary/aromatic N) is 1. The molecule has 1 aliphatic heterocycles. The van der Waals surface area contributed by atoms with Gasteiger partial charge in [-0.1, -0.05) is 18.5 Å². The Labute approximate surface area is 163 Å². The second kappa shape index (κ2) is 9.06. The van der Waals surface area contributed by atoms with E-state index in [1.807, 2.05) is 12.1 Å². The summed E-state index contributed by atoms with van der Waals surface area (Å²) in [5, 5.41) is 6.18. The van der Waals surface area contributed by atoms with Crippen LogP contribution in [-0.4, -0.2) is 36.3 Å². The van der Waals surface area contributed by atoms with Crippen LogP contribution in [0.25, 0.3) is 0 Å². The zero-order valence-electron chi connectivity index (χ0n) is 15.3. The Kier molecular flexibility index (Phi) is 6.53. The number of likely N-dealkylation sites (tertiary alicyclic amines) is 1. The van der Waals surface area contributed by atoms with Gasteiger partial charge in [-0.2, -0.15) is 0 Å². The lowest BCUT2D eigenvalue weighted by Gasteiger charge is -2.26. The standard InChI is InChI=1S/C20H24ClN3O3/c1-2-19(25)23-16-12-14(21)7-8-15(16)20(26)22-13-17(18-6-5-11-27-18)24-9-3-4-10-24/h5-8,11-12,17H,2-4,9-10,13H2,1H3,(H,22,26)(H,23,25). The molecule has 6 nitrogen and oxygen atoms in total. The fourth-order valence-electron chi connectivity index (χ4n) is 3.28. The van der Waals surface area contributed by atoms with Gasteiger partial charge in [-0.3, -0.25) is 14.5 Å². The molecule has 1 unspecified atom stereocenters. The number of anilines is 1. The highest BCUT2D eigenvalue weighted by atomic mass is 35.5. The molecule has 0 bridgehead atoms. The molecule has 0 spiro atoms. The van der Waals surface area contributed by atoms with Crippen molar-refractivity contribution in [2.75, 3.05) is 25.0 Å². The van der Waals surface area contributed by atoms with E-state index in [4.69, 9.17) is 16.0 Å². The van der Waals surface area contributed by atoms with Crippen molar-refractivity contribution in [3.8, 4) is 0 Å². The molecule has 1 saturated heterocycles. The van der Waals surface area contributed by atoms with E-state index in [0.29, 0.717) is 29.2 Å². The SMILES string of the molecule is CCC(=O)Nc1cc(Cl)ccc1C(=O)NCC(c1ccco1)N1CCCC1. The molecular formula is C20H24ClN3O3. The van der Waals surface area contributed by atoms with Crippen LogP contribution in [0, 0.1) is 0 Å². The van der Waals surface area contributed by atoms with E-state index in [-0.39, 0.29) is 17.9 Å². The zero-order valence-corrected chi connectivity index (χ0v) is 16.1. The second-order valence-corrected chi connectivity index (χ2v) is 7.01. The lowest BCUT2D eigenvalue weighted by Crippen LogP contribution is -2.37. The van der Waals surface area contributed by atoms with Crippen LogP contribution in [0.2, 0.25) is 5.02 Å². The highest BCUT2D eigenvalue weighted by molar-refractivity contribution is 6.31. The van der Waals surface area contributed by atoms with Crippen molar-refractivity contribution in [2.45, 2.75) is 32.2 Å². The summed E-state index contributed by atoms with van der Waals surface area (Å²) in [6, 6.07) is 8.65. The lowest BCUT2D eigenvalue weighted by molar-refractivity contribution is -0.115. The van der Waals surface area contributed by atoms with Crippen LogP contribution in [0.3, 0.4) is 0 Å². The summed E-state index contributed by atoms with van der Waals surface area (Å²) in [4.78, 5) is 26.9. The topological polar surface area (TPSA) is 74.6 Å². The van der Waals surface area contributed by atoms with Crippen molar-refractivity contribution in [2.24, 2.45) is 0 Å². The Morgan fingerprint density at radius 3 is 2.70 bits per heavy atom. The quantitative estimate of drug-likeness (QED) is 0.754. The smallest absolute Gasteiger partial charge is 0.253 e. The molecule has 7 heteroatoms. The van der Waals surface area contributed by atoms with E-state index in [1.54, 1.807) is 31.4 Å². The van der Waals surface area contributed by atoms with E-state index < -0.39 is 0 Å². The van der Waals surface area contributed by atoms with E-state index in [0.717, 1.165) is 31.7 Å². The lowest BCUT2D eigenvalue weighted by atomic mass is 10.1. The van der Waals surface area contributed by atoms with Crippen LogP contribution in [0.5, 0.6) is 0 Å². The minimum absolute atomic E-state index is 0.00701. The first-order valence-electron chi connectivity index (χ1n) is 9.23. The molecule has 27 heavy (non-hydrogen) atoms. The molecule has 2 amide bonds. The molecule has 2 aromatic rings. The van der Waals surface area contributed by atoms with Crippen molar-refractivity contribution in [3.63, 3.8) is 0 Å². The van der Waals surface area contributed by atoms with Gasteiger partial charge in [0.15, 0.2) is 0 Å². The van der Waals surface area contributed by atoms with Crippen LogP contribution < -0.4 is 10.6 Å². The molecule has 1 aromatic heterocycles. The molecule has 0 saturated carbocycles. The number of carbonyl (C=O) groups is 2. The first-order chi connectivity index (χ1) is 13.1. The third-order valence-electron chi connectivity index (χ3n) is 4.73. The number of amides is 2. The van der Waals surface area contributed by atoms with Crippen LogP contribution in [0.15, 0.2) is 41.0 Å². The molecule has 1 fully saturated rings. The summed E-state index contributed by atoms with van der Waals surface area (Å²) in [5.41, 5.74) is 0.809. The number of halogens is 1. The third-order valence-corrected chi connectivity index (χ3v) is 4.97. The molecule has 0 radical (unpaired) electrons. The predicted octanol–water partition coefficient (Wildman–Crippen LogP) is 3.85. The van der Waals surface area contributed by atoms with Gasteiger partial charge in [0.05, 0.1) is 23.6 Å². The monoisotopic (exact) mass is 389 g/mol. The van der Waals surface area contributed by atoms with Crippen molar-refractivity contribution in [1.29, 1.82) is 0 Å². The molecule has 2 heterocycles. The Morgan fingerprint density at radius 1 is 1.26 bits per heavy atom. The summed E-state index contributed by atoms with van der Waals surface area (Å²) in [7, 11) is 0. The normalized spacial score (nSPS) is 15.5. The number of benzene rings is 1. The van der Waals surface area contributed by atoms with Crippen molar-refractivity contribution < 1.29 is 14.0 Å². The maximum atomic E-state index is 12.8. The molecule has 0 aliphatic carbocycles. The maximum absolute atomic E-state index is 12.8. The van der Waals surface area contributed by atoms with Gasteiger partial charge < -0.3 is 15.1 Å². The second-order valence-electron chi connectivity index (χ2n) is 6.58. The van der Waals surface area contributed by atoms with Gasteiger partial charge in [0.25, 0.3) is 5.91 Å². The molecular weight excluding hydrogens is 366 g/mol. The molecule has 1 aromatic carbocycles. The average molecular weight is 390 g/mol. The summed E-state index contributed by atoms with van der Waals surface area (Å²) in [6.07, 6.45) is 4.27. The Bertz CT molecular complexity index is 786. The van der Waals surface area contributed by atoms with Gasteiger partial charge in [0.1, 0.15) is 5.76 Å². The van der Waals surface area contributed by atoms with Gasteiger partial charge in [-0.15, -0.1) is 0 Å². The number of hydrogen-bond donors (Lipinski definition) is 2. The maximum Gasteiger partial charge on any atom is 0.253 e. The summed E-state index contributed by atoms with van der Waals surface area (Å²) in [5.74, 6) is 0.415. The highest BCUT2D eigenvalue weighted by Gasteiger charge is 2.26. The third kappa shape index (κ3) is 4.90. The fraction of sp³-hybridized carbons (Fsp3) is 0.400. The number of nitrogens with one attached hydrogen (secondary N) is 2. The predicted molar refractivity (Wildman–Crippen MR) is 105 cm³/mol. The Balaban J connectivity index is 1.73. The van der Waals surface area contributed by atoms with Crippen molar-refractivity contribution in [1.82, 2.24) is 10.2 Å². The Morgan fingerprint density at radius 2 is 2.04 bits per heavy atom. The van der Waals surface area contributed by atoms with Gasteiger partial charge >= 0.3 is 0 Å². The van der Waals surface area contributed by atoms with Crippen molar-refractivity contribution >= 4 is 29.1 Å². The van der Waals surface area contributed by atoms with E-state index >= 15 is 0 Å². The van der Waals surface area contributed by atoms with Gasteiger partial charge in [0.2, 0.25) is 5.91 Å². The van der Waals surface area contributed by atoms with Crippen molar-refractivity contribution in [3.05, 3.63) is 52.9 Å². The first-order valence-corrected chi connectivity index (χ1v) is 9.61. The number of carbonyl (C=O) groups excluding carboxylic acids is 2. The van der Waals surface area contributed by atoms with Gasteiger partial charge in [0, 0.05) is 18.0 Å². The Hall–Kier alpha value is -2.31. The van der Waals surface area contributed by atoms with Crippen LogP contribution in [0.4, 0.5) is 5.69 Å². The minimum Gasteiger partial charge on any atom is -0.468 e. The van der Waals surface area contributed by atoms with E-state index in [2.05, 4.69) is 15.5 Å². The molecule has 144 valence electrons. The van der Waals surface area contributed by atoms with E-state index in [1.165, 1.54) is 0 Å². The molecule has 2 N–H and O–H groups in total.